The van der Waals surface area contributed by atoms with Crippen LogP contribution in [0.3, 0.4) is 0 Å². The topological polar surface area (TPSA) is 44.0 Å². The summed E-state index contributed by atoms with van der Waals surface area (Å²) in [5.41, 5.74) is 1.29. The molecule has 1 N–H and O–H groups in total. The lowest BCUT2D eigenvalue weighted by atomic mass is 9.91. The molecule has 3 heterocycles. The van der Waals surface area contributed by atoms with E-state index in [4.69, 9.17) is 4.74 Å². The molecule has 1 aliphatic heterocycles. The second-order valence-electron chi connectivity index (χ2n) is 5.82. The Labute approximate surface area is 125 Å². The molecule has 0 spiro atoms. The zero-order chi connectivity index (χ0) is 14.7. The fourth-order valence-electron chi connectivity index (χ4n) is 3.09. The molecule has 2 aromatic rings. The molecule has 0 radical (unpaired) electrons. The molecule has 21 heavy (non-hydrogen) atoms. The molecule has 0 aliphatic carbocycles. The average Bonchev–Trinajstić information content (AvgIpc) is 3.10. The van der Waals surface area contributed by atoms with E-state index in [0.717, 1.165) is 38.4 Å². The van der Waals surface area contributed by atoms with Gasteiger partial charge in [0.25, 0.3) is 0 Å². The lowest BCUT2D eigenvalue weighted by Crippen LogP contribution is -2.34. The quantitative estimate of drug-likeness (QED) is 0.915. The first-order chi connectivity index (χ1) is 10.3. The highest BCUT2D eigenvalue weighted by molar-refractivity contribution is 5.08. The van der Waals surface area contributed by atoms with E-state index >= 15 is 0 Å². The third-order valence-electron chi connectivity index (χ3n) is 4.43. The SMILES string of the molecule is Cn1cccc1CN[C@@H](c1nccn1C)C1CCOCC1. The minimum Gasteiger partial charge on any atom is -0.381 e. The number of aryl methyl sites for hydroxylation is 2. The highest BCUT2D eigenvalue weighted by Gasteiger charge is 2.27. The number of hydrogen-bond acceptors (Lipinski definition) is 3. The van der Waals surface area contributed by atoms with Crippen LogP contribution in [0.4, 0.5) is 0 Å². The van der Waals surface area contributed by atoms with Crippen LogP contribution in [0.5, 0.6) is 0 Å². The van der Waals surface area contributed by atoms with Crippen molar-refractivity contribution in [2.75, 3.05) is 13.2 Å². The van der Waals surface area contributed by atoms with Crippen LogP contribution in [0.1, 0.15) is 30.4 Å². The first kappa shape index (κ1) is 14.4. The Bertz CT molecular complexity index is 568. The Morgan fingerprint density at radius 3 is 2.71 bits per heavy atom. The van der Waals surface area contributed by atoms with Gasteiger partial charge in [0.2, 0.25) is 0 Å². The summed E-state index contributed by atoms with van der Waals surface area (Å²) in [6.07, 6.45) is 8.17. The molecule has 3 rings (SSSR count). The first-order valence-corrected chi connectivity index (χ1v) is 7.64. The molecule has 0 unspecified atom stereocenters. The summed E-state index contributed by atoms with van der Waals surface area (Å²) in [6.45, 7) is 2.58. The van der Waals surface area contributed by atoms with Crippen LogP contribution < -0.4 is 5.32 Å². The zero-order valence-corrected chi connectivity index (χ0v) is 12.8. The summed E-state index contributed by atoms with van der Waals surface area (Å²) < 4.78 is 9.79. The van der Waals surface area contributed by atoms with E-state index in [1.54, 1.807) is 0 Å². The Hall–Kier alpha value is -1.59. The van der Waals surface area contributed by atoms with Crippen molar-refractivity contribution in [1.29, 1.82) is 0 Å². The van der Waals surface area contributed by atoms with Gasteiger partial charge in [0.05, 0.1) is 6.04 Å². The molecule has 0 aromatic carbocycles. The maximum atomic E-state index is 5.51. The van der Waals surface area contributed by atoms with Crippen molar-refractivity contribution in [3.05, 3.63) is 42.2 Å². The standard InChI is InChI=1S/C16H24N4O/c1-19-8-3-4-14(19)12-18-15(13-5-10-21-11-6-13)16-17-7-9-20(16)2/h3-4,7-9,13,15,18H,5-6,10-12H2,1-2H3/t15-/m1/s1. The van der Waals surface area contributed by atoms with Crippen LogP contribution in [-0.2, 0) is 25.4 Å². The predicted octanol–water partition coefficient (Wildman–Crippen LogP) is 2.02. The Morgan fingerprint density at radius 1 is 1.29 bits per heavy atom. The lowest BCUT2D eigenvalue weighted by Gasteiger charge is -2.30. The maximum absolute atomic E-state index is 5.51. The number of nitrogens with one attached hydrogen (secondary N) is 1. The number of hydrogen-bond donors (Lipinski definition) is 1. The van der Waals surface area contributed by atoms with E-state index in [0.29, 0.717) is 5.92 Å². The van der Waals surface area contributed by atoms with Gasteiger partial charge in [-0.25, -0.2) is 4.98 Å². The van der Waals surface area contributed by atoms with Crippen LogP contribution >= 0.6 is 0 Å². The Kier molecular flexibility index (Phi) is 4.41. The molecular formula is C16H24N4O. The molecule has 0 saturated carbocycles. The van der Waals surface area contributed by atoms with E-state index in [9.17, 15) is 0 Å². The van der Waals surface area contributed by atoms with Gasteiger partial charge in [-0.05, 0) is 30.9 Å². The first-order valence-electron chi connectivity index (χ1n) is 7.64. The molecule has 1 fully saturated rings. The van der Waals surface area contributed by atoms with Crippen molar-refractivity contribution in [2.24, 2.45) is 20.0 Å². The van der Waals surface area contributed by atoms with Crippen molar-refractivity contribution in [2.45, 2.75) is 25.4 Å². The minimum absolute atomic E-state index is 0.281. The zero-order valence-electron chi connectivity index (χ0n) is 12.8. The van der Waals surface area contributed by atoms with Crippen molar-refractivity contribution in [1.82, 2.24) is 19.4 Å². The minimum atomic E-state index is 0.281. The summed E-state index contributed by atoms with van der Waals surface area (Å²) >= 11 is 0. The Balaban J connectivity index is 1.75. The number of aromatic nitrogens is 3. The monoisotopic (exact) mass is 288 g/mol. The Morgan fingerprint density at radius 2 is 2.10 bits per heavy atom. The molecule has 1 aliphatic rings. The number of rotatable bonds is 5. The molecule has 2 aromatic heterocycles. The molecule has 0 amide bonds. The third kappa shape index (κ3) is 3.19. The van der Waals surface area contributed by atoms with Gasteiger partial charge in [-0.1, -0.05) is 0 Å². The summed E-state index contributed by atoms with van der Waals surface area (Å²) in [5, 5.41) is 3.72. The predicted molar refractivity (Wildman–Crippen MR) is 81.7 cm³/mol. The van der Waals surface area contributed by atoms with Crippen LogP contribution in [0, 0.1) is 5.92 Å². The van der Waals surface area contributed by atoms with E-state index in [1.165, 1.54) is 5.69 Å². The van der Waals surface area contributed by atoms with E-state index < -0.39 is 0 Å². The molecule has 1 atom stereocenters. The number of imidazole rings is 1. The maximum Gasteiger partial charge on any atom is 0.125 e. The van der Waals surface area contributed by atoms with Gasteiger partial charge in [-0.2, -0.15) is 0 Å². The number of nitrogens with zero attached hydrogens (tertiary/aromatic N) is 3. The molecular weight excluding hydrogens is 264 g/mol. The number of ether oxygens (including phenoxy) is 1. The molecule has 5 heteroatoms. The highest BCUT2D eigenvalue weighted by atomic mass is 16.5. The van der Waals surface area contributed by atoms with Gasteiger partial charge in [-0.15, -0.1) is 0 Å². The fraction of sp³-hybridized carbons (Fsp3) is 0.562. The highest BCUT2D eigenvalue weighted by Crippen LogP contribution is 2.29. The second-order valence-corrected chi connectivity index (χ2v) is 5.82. The van der Waals surface area contributed by atoms with Gasteiger partial charge in [0.15, 0.2) is 0 Å². The van der Waals surface area contributed by atoms with E-state index in [2.05, 4.69) is 51.9 Å². The summed E-state index contributed by atoms with van der Waals surface area (Å²) in [5.74, 6) is 1.70. The smallest absolute Gasteiger partial charge is 0.125 e. The average molecular weight is 288 g/mol. The van der Waals surface area contributed by atoms with Crippen molar-refractivity contribution >= 4 is 0 Å². The molecule has 5 nitrogen and oxygen atoms in total. The van der Waals surface area contributed by atoms with Crippen LogP contribution in [0.15, 0.2) is 30.7 Å². The van der Waals surface area contributed by atoms with Gasteiger partial charge in [0, 0.05) is 58.1 Å². The van der Waals surface area contributed by atoms with E-state index in [1.807, 2.05) is 12.4 Å². The fourth-order valence-corrected chi connectivity index (χ4v) is 3.09. The second kappa shape index (κ2) is 6.45. The normalized spacial score (nSPS) is 18.0. The summed E-state index contributed by atoms with van der Waals surface area (Å²) in [4.78, 5) is 4.57. The third-order valence-corrected chi connectivity index (χ3v) is 4.43. The van der Waals surface area contributed by atoms with Gasteiger partial charge >= 0.3 is 0 Å². The van der Waals surface area contributed by atoms with Crippen LogP contribution in [-0.4, -0.2) is 27.3 Å². The summed E-state index contributed by atoms with van der Waals surface area (Å²) in [7, 11) is 4.15. The molecule has 1 saturated heterocycles. The molecule has 0 bridgehead atoms. The molecule has 114 valence electrons. The van der Waals surface area contributed by atoms with Gasteiger partial charge in [0.1, 0.15) is 5.82 Å². The van der Waals surface area contributed by atoms with Crippen molar-refractivity contribution in [3.8, 4) is 0 Å². The lowest BCUT2D eigenvalue weighted by molar-refractivity contribution is 0.0517. The van der Waals surface area contributed by atoms with Crippen LogP contribution in [0.2, 0.25) is 0 Å². The van der Waals surface area contributed by atoms with Gasteiger partial charge in [-0.3, -0.25) is 0 Å². The van der Waals surface area contributed by atoms with E-state index in [-0.39, 0.29) is 6.04 Å². The van der Waals surface area contributed by atoms with Crippen LogP contribution in [0.25, 0.3) is 0 Å². The van der Waals surface area contributed by atoms with Gasteiger partial charge < -0.3 is 19.2 Å². The summed E-state index contributed by atoms with van der Waals surface area (Å²) in [6, 6.07) is 4.53. The van der Waals surface area contributed by atoms with Crippen molar-refractivity contribution < 1.29 is 4.74 Å². The largest absolute Gasteiger partial charge is 0.381 e. The van der Waals surface area contributed by atoms with Crippen molar-refractivity contribution in [3.63, 3.8) is 0 Å².